The third-order valence-corrected chi connectivity index (χ3v) is 5.46. The minimum atomic E-state index is -3.67. The van der Waals surface area contributed by atoms with Gasteiger partial charge in [-0.25, -0.2) is 8.42 Å². The number of carbonyl (C=O) groups excluding carboxylic acids is 1. The molecule has 2 aromatic carbocycles. The highest BCUT2D eigenvalue weighted by Crippen LogP contribution is 2.22. The highest BCUT2D eigenvalue weighted by atomic mass is 32.2. The zero-order chi connectivity index (χ0) is 17.9. The van der Waals surface area contributed by atoms with Crippen LogP contribution in [0, 0.1) is 0 Å². The second kappa shape index (κ2) is 7.25. The van der Waals surface area contributed by atoms with Crippen LogP contribution in [0.2, 0.25) is 0 Å². The summed E-state index contributed by atoms with van der Waals surface area (Å²) in [7, 11) is -3.67. The van der Waals surface area contributed by atoms with Gasteiger partial charge in [0.25, 0.3) is 15.9 Å². The SMILES string of the molecule is CCc1ccc(NS(=O)(=O)c2ccc(N3CCOCC3=O)cc2)cc1. The van der Waals surface area contributed by atoms with Crippen LogP contribution in [0.1, 0.15) is 12.5 Å². The molecule has 0 spiro atoms. The van der Waals surface area contributed by atoms with Crippen LogP contribution in [0.15, 0.2) is 53.4 Å². The second-order valence-electron chi connectivity index (χ2n) is 5.75. The Morgan fingerprint density at radius 3 is 2.36 bits per heavy atom. The number of sulfonamides is 1. The molecule has 0 saturated carbocycles. The minimum Gasteiger partial charge on any atom is -0.370 e. The summed E-state index contributed by atoms with van der Waals surface area (Å²) in [6.07, 6.45) is 0.898. The number of hydrogen-bond acceptors (Lipinski definition) is 4. The lowest BCUT2D eigenvalue weighted by Crippen LogP contribution is -2.41. The van der Waals surface area contributed by atoms with E-state index in [1.54, 1.807) is 29.2 Å². The van der Waals surface area contributed by atoms with Crippen LogP contribution >= 0.6 is 0 Å². The summed E-state index contributed by atoms with van der Waals surface area (Å²) >= 11 is 0. The summed E-state index contributed by atoms with van der Waals surface area (Å²) in [5, 5.41) is 0. The van der Waals surface area contributed by atoms with Crippen molar-refractivity contribution < 1.29 is 17.9 Å². The first kappa shape index (κ1) is 17.4. The molecule has 6 nitrogen and oxygen atoms in total. The Morgan fingerprint density at radius 1 is 1.08 bits per heavy atom. The molecule has 3 rings (SSSR count). The van der Waals surface area contributed by atoms with Crippen molar-refractivity contribution in [3.63, 3.8) is 0 Å². The fourth-order valence-corrected chi connectivity index (χ4v) is 3.68. The average Bonchev–Trinajstić information content (AvgIpc) is 2.63. The molecule has 0 bridgehead atoms. The normalized spacial score (nSPS) is 15.2. The quantitative estimate of drug-likeness (QED) is 0.888. The molecule has 0 radical (unpaired) electrons. The van der Waals surface area contributed by atoms with Crippen LogP contribution in [0.3, 0.4) is 0 Å². The molecular formula is C18H20N2O4S. The van der Waals surface area contributed by atoms with Gasteiger partial charge in [0.15, 0.2) is 0 Å². The third kappa shape index (κ3) is 4.00. The maximum absolute atomic E-state index is 12.5. The van der Waals surface area contributed by atoms with Crippen molar-refractivity contribution in [3.05, 3.63) is 54.1 Å². The van der Waals surface area contributed by atoms with E-state index in [2.05, 4.69) is 4.72 Å². The summed E-state index contributed by atoms with van der Waals surface area (Å²) in [5.41, 5.74) is 2.33. The number of ether oxygens (including phenoxy) is 1. The Kier molecular flexibility index (Phi) is 5.06. The number of anilines is 2. The molecular weight excluding hydrogens is 340 g/mol. The van der Waals surface area contributed by atoms with Crippen LogP contribution < -0.4 is 9.62 Å². The summed E-state index contributed by atoms with van der Waals surface area (Å²) in [6.45, 7) is 3.03. The summed E-state index contributed by atoms with van der Waals surface area (Å²) in [6, 6.07) is 13.6. The van der Waals surface area contributed by atoms with Crippen molar-refractivity contribution in [1.82, 2.24) is 0 Å². The molecule has 0 atom stereocenters. The van der Waals surface area contributed by atoms with E-state index in [0.717, 1.165) is 12.0 Å². The van der Waals surface area contributed by atoms with E-state index in [1.165, 1.54) is 12.1 Å². The van der Waals surface area contributed by atoms with Gasteiger partial charge in [0.05, 0.1) is 11.5 Å². The number of nitrogens with one attached hydrogen (secondary N) is 1. The maximum Gasteiger partial charge on any atom is 0.261 e. The number of amides is 1. The molecule has 132 valence electrons. The van der Waals surface area contributed by atoms with E-state index in [4.69, 9.17) is 4.74 Å². The average molecular weight is 360 g/mol. The molecule has 1 fully saturated rings. The zero-order valence-corrected chi connectivity index (χ0v) is 14.8. The first-order chi connectivity index (χ1) is 12.0. The Bertz CT molecular complexity index is 846. The van der Waals surface area contributed by atoms with Gasteiger partial charge in [0.1, 0.15) is 6.61 Å². The Labute approximate surface area is 147 Å². The zero-order valence-electron chi connectivity index (χ0n) is 13.9. The molecule has 1 amide bonds. The van der Waals surface area contributed by atoms with Crippen molar-refractivity contribution >= 4 is 27.3 Å². The molecule has 1 N–H and O–H groups in total. The largest absolute Gasteiger partial charge is 0.370 e. The van der Waals surface area contributed by atoms with Crippen LogP contribution in [0.25, 0.3) is 0 Å². The fourth-order valence-electron chi connectivity index (χ4n) is 2.62. The first-order valence-electron chi connectivity index (χ1n) is 8.09. The van der Waals surface area contributed by atoms with Crippen molar-refractivity contribution in [2.24, 2.45) is 0 Å². The highest BCUT2D eigenvalue weighted by molar-refractivity contribution is 7.92. The van der Waals surface area contributed by atoms with Crippen LogP contribution in [0.5, 0.6) is 0 Å². The van der Waals surface area contributed by atoms with Crippen molar-refractivity contribution in [2.45, 2.75) is 18.2 Å². The van der Waals surface area contributed by atoms with E-state index >= 15 is 0 Å². The number of carbonyl (C=O) groups is 1. The maximum atomic E-state index is 12.5. The van der Waals surface area contributed by atoms with Crippen LogP contribution in [0.4, 0.5) is 11.4 Å². The fraction of sp³-hybridized carbons (Fsp3) is 0.278. The van der Waals surface area contributed by atoms with E-state index < -0.39 is 10.0 Å². The topological polar surface area (TPSA) is 75.7 Å². The molecule has 7 heteroatoms. The van der Waals surface area contributed by atoms with Crippen molar-refractivity contribution in [2.75, 3.05) is 29.4 Å². The lowest BCUT2D eigenvalue weighted by atomic mass is 10.2. The van der Waals surface area contributed by atoms with E-state index in [0.29, 0.717) is 24.5 Å². The molecule has 1 saturated heterocycles. The molecule has 1 aliphatic heterocycles. The Hall–Kier alpha value is -2.38. The second-order valence-corrected chi connectivity index (χ2v) is 7.43. The van der Waals surface area contributed by atoms with Gasteiger partial charge >= 0.3 is 0 Å². The monoisotopic (exact) mass is 360 g/mol. The molecule has 1 heterocycles. The van der Waals surface area contributed by atoms with E-state index in [9.17, 15) is 13.2 Å². The number of hydrogen-bond donors (Lipinski definition) is 1. The summed E-state index contributed by atoms with van der Waals surface area (Å²) in [4.78, 5) is 13.6. The summed E-state index contributed by atoms with van der Waals surface area (Å²) in [5.74, 6) is -0.129. The highest BCUT2D eigenvalue weighted by Gasteiger charge is 2.21. The van der Waals surface area contributed by atoms with Gasteiger partial charge in [0, 0.05) is 17.9 Å². The molecule has 1 aliphatic rings. The molecule has 25 heavy (non-hydrogen) atoms. The lowest BCUT2D eigenvalue weighted by Gasteiger charge is -2.26. The number of benzene rings is 2. The number of morpholine rings is 1. The van der Waals surface area contributed by atoms with Crippen LogP contribution in [-0.2, 0) is 26.0 Å². The van der Waals surface area contributed by atoms with E-state index in [-0.39, 0.29) is 17.4 Å². The van der Waals surface area contributed by atoms with Gasteiger partial charge in [-0.2, -0.15) is 0 Å². The predicted octanol–water partition coefficient (Wildman–Crippen LogP) is 2.41. The molecule has 2 aromatic rings. The minimum absolute atomic E-state index is 0.0510. The van der Waals surface area contributed by atoms with Crippen molar-refractivity contribution in [1.29, 1.82) is 0 Å². The van der Waals surface area contributed by atoms with Gasteiger partial charge in [0.2, 0.25) is 0 Å². The third-order valence-electron chi connectivity index (χ3n) is 4.06. The van der Waals surface area contributed by atoms with Gasteiger partial charge in [-0.05, 0) is 48.4 Å². The smallest absolute Gasteiger partial charge is 0.261 e. The summed E-state index contributed by atoms with van der Waals surface area (Å²) < 4.78 is 32.7. The van der Waals surface area contributed by atoms with Gasteiger partial charge in [-0.3, -0.25) is 9.52 Å². The van der Waals surface area contributed by atoms with Crippen molar-refractivity contribution in [3.8, 4) is 0 Å². The Balaban J connectivity index is 1.76. The molecule has 0 unspecified atom stereocenters. The standard InChI is InChI=1S/C18H20N2O4S/c1-2-14-3-5-15(6-4-14)19-25(22,23)17-9-7-16(8-10-17)20-11-12-24-13-18(20)21/h3-10,19H,2,11-13H2,1H3. The predicted molar refractivity (Wildman–Crippen MR) is 96.2 cm³/mol. The number of aryl methyl sites for hydroxylation is 1. The molecule has 0 aliphatic carbocycles. The number of rotatable bonds is 5. The Morgan fingerprint density at radius 2 is 1.76 bits per heavy atom. The lowest BCUT2D eigenvalue weighted by molar-refractivity contribution is -0.125. The first-order valence-corrected chi connectivity index (χ1v) is 9.58. The van der Waals surface area contributed by atoms with E-state index in [1.807, 2.05) is 19.1 Å². The number of nitrogens with zero attached hydrogens (tertiary/aromatic N) is 1. The molecule has 0 aromatic heterocycles. The van der Waals surface area contributed by atoms with Crippen LogP contribution in [-0.4, -0.2) is 34.1 Å². The van der Waals surface area contributed by atoms with Gasteiger partial charge in [-0.15, -0.1) is 0 Å². The van der Waals surface area contributed by atoms with Gasteiger partial charge < -0.3 is 9.64 Å². The van der Waals surface area contributed by atoms with Gasteiger partial charge in [-0.1, -0.05) is 19.1 Å².